The summed E-state index contributed by atoms with van der Waals surface area (Å²) in [4.78, 5) is 18.6. The van der Waals surface area contributed by atoms with Crippen LogP contribution in [0.5, 0.6) is 0 Å². The van der Waals surface area contributed by atoms with Crippen molar-refractivity contribution in [1.29, 1.82) is 0 Å². The molecule has 21 heavy (non-hydrogen) atoms. The number of thioether (sulfide) groups is 1. The largest absolute Gasteiger partial charge is 0.369 e. The van der Waals surface area contributed by atoms with E-state index in [-0.39, 0.29) is 17.7 Å². The van der Waals surface area contributed by atoms with E-state index in [4.69, 9.17) is 5.73 Å². The Labute approximate surface area is 134 Å². The minimum atomic E-state index is -1.15. The van der Waals surface area contributed by atoms with Gasteiger partial charge < -0.3 is 5.73 Å². The maximum atomic E-state index is 13.5. The Bertz CT molecular complexity index is 691. The number of nitrogens with two attached hydrogens (primary N) is 1. The number of benzene rings is 1. The van der Waals surface area contributed by atoms with E-state index in [0.717, 1.165) is 17.7 Å². The minimum Gasteiger partial charge on any atom is -0.369 e. The average molecular weight is 370 g/mol. The van der Waals surface area contributed by atoms with Gasteiger partial charge in [0.25, 0.3) is 5.91 Å². The summed E-state index contributed by atoms with van der Waals surface area (Å²) in [5.74, 6) is 0.510. The van der Waals surface area contributed by atoms with E-state index in [1.54, 1.807) is 30.9 Å². The van der Waals surface area contributed by atoms with Crippen LogP contribution in [0.4, 0.5) is 4.39 Å². The molecular weight excluding hydrogens is 357 g/mol. The summed E-state index contributed by atoms with van der Waals surface area (Å²) >= 11 is 4.82. The maximum absolute atomic E-state index is 13.5. The minimum absolute atomic E-state index is 0.179. The summed E-state index contributed by atoms with van der Waals surface area (Å²) in [5.41, 5.74) is 6.23. The van der Waals surface area contributed by atoms with Crippen LogP contribution in [0.3, 0.4) is 0 Å². The van der Waals surface area contributed by atoms with Gasteiger partial charge in [0.1, 0.15) is 5.82 Å². The predicted molar refractivity (Wildman–Crippen MR) is 85.3 cm³/mol. The molecule has 1 aromatic rings. The van der Waals surface area contributed by atoms with Gasteiger partial charge in [-0.25, -0.2) is 9.38 Å². The molecule has 1 unspecified atom stereocenters. The highest BCUT2D eigenvalue weighted by atomic mass is 79.9. The lowest BCUT2D eigenvalue weighted by atomic mass is 9.82. The fourth-order valence-corrected chi connectivity index (χ4v) is 3.92. The number of carbonyl (C=O) groups is 1. The standard InChI is InChI=1S/C14H13BrFN3OS/c1-19-12(20)14(18-13(19)17,9-4-5-21-7-9)8-2-3-11(16)10(15)6-8/h2-3,6-7H,4-5H2,1H3,(H2,17,18). The second kappa shape index (κ2) is 5.14. The van der Waals surface area contributed by atoms with E-state index >= 15 is 0 Å². The summed E-state index contributed by atoms with van der Waals surface area (Å²) in [6, 6.07) is 4.53. The van der Waals surface area contributed by atoms with Crippen LogP contribution >= 0.6 is 27.7 Å². The van der Waals surface area contributed by atoms with Gasteiger partial charge in [-0.05, 0) is 51.0 Å². The smallest absolute Gasteiger partial charge is 0.266 e. The average Bonchev–Trinajstić information content (AvgIpc) is 3.06. The molecule has 1 amide bonds. The second-order valence-corrected chi connectivity index (χ2v) is 6.77. The molecule has 0 bridgehead atoms. The number of guanidine groups is 1. The fraction of sp³-hybridized carbons (Fsp3) is 0.286. The van der Waals surface area contributed by atoms with Gasteiger partial charge in [0, 0.05) is 12.8 Å². The number of hydrogen-bond acceptors (Lipinski definition) is 4. The van der Waals surface area contributed by atoms with Crippen LogP contribution in [0.25, 0.3) is 0 Å². The molecule has 2 aliphatic rings. The number of carbonyl (C=O) groups excluding carboxylic acids is 1. The van der Waals surface area contributed by atoms with Crippen molar-refractivity contribution in [1.82, 2.24) is 4.90 Å². The van der Waals surface area contributed by atoms with Crippen LogP contribution < -0.4 is 5.73 Å². The molecule has 4 nitrogen and oxygen atoms in total. The van der Waals surface area contributed by atoms with Crippen molar-refractivity contribution in [3.05, 3.63) is 45.0 Å². The normalized spacial score (nSPS) is 25.3. The number of hydrogen-bond donors (Lipinski definition) is 1. The van der Waals surface area contributed by atoms with Gasteiger partial charge in [-0.2, -0.15) is 0 Å². The molecule has 3 rings (SSSR count). The molecule has 0 aromatic heterocycles. The molecule has 1 atom stereocenters. The number of likely N-dealkylation sites (N-methyl/N-ethyl adjacent to an activating group) is 1. The first kappa shape index (κ1) is 14.6. The topological polar surface area (TPSA) is 58.7 Å². The van der Waals surface area contributed by atoms with Gasteiger partial charge in [0.2, 0.25) is 0 Å². The highest BCUT2D eigenvalue weighted by Crippen LogP contribution is 2.45. The van der Waals surface area contributed by atoms with E-state index < -0.39 is 5.54 Å². The van der Waals surface area contributed by atoms with Crippen molar-refractivity contribution >= 4 is 39.6 Å². The molecule has 0 aliphatic carbocycles. The van der Waals surface area contributed by atoms with Crippen LogP contribution in [0.2, 0.25) is 0 Å². The molecule has 2 aliphatic heterocycles. The summed E-state index contributed by atoms with van der Waals surface area (Å²) in [6.07, 6.45) is 0.760. The van der Waals surface area contributed by atoms with Gasteiger partial charge in [-0.3, -0.25) is 9.69 Å². The van der Waals surface area contributed by atoms with Crippen molar-refractivity contribution in [3.8, 4) is 0 Å². The molecule has 0 radical (unpaired) electrons. The van der Waals surface area contributed by atoms with Crippen LogP contribution in [0, 0.1) is 5.82 Å². The molecule has 0 saturated carbocycles. The van der Waals surface area contributed by atoms with Crippen LogP contribution in [-0.4, -0.2) is 29.6 Å². The summed E-state index contributed by atoms with van der Waals surface area (Å²) in [6.45, 7) is 0. The first-order chi connectivity index (χ1) is 9.96. The van der Waals surface area contributed by atoms with Gasteiger partial charge in [-0.15, -0.1) is 11.8 Å². The van der Waals surface area contributed by atoms with Gasteiger partial charge in [0.15, 0.2) is 11.5 Å². The zero-order chi connectivity index (χ0) is 15.2. The number of halogens is 2. The zero-order valence-corrected chi connectivity index (χ0v) is 13.7. The van der Waals surface area contributed by atoms with E-state index in [2.05, 4.69) is 20.9 Å². The Morgan fingerprint density at radius 3 is 2.81 bits per heavy atom. The first-order valence-corrected chi connectivity index (χ1v) is 8.21. The summed E-state index contributed by atoms with van der Waals surface area (Å²) < 4.78 is 13.8. The van der Waals surface area contributed by atoms with Crippen molar-refractivity contribution < 1.29 is 9.18 Å². The van der Waals surface area contributed by atoms with Gasteiger partial charge in [-0.1, -0.05) is 6.07 Å². The molecule has 1 aromatic carbocycles. The van der Waals surface area contributed by atoms with Crippen molar-refractivity contribution in [2.24, 2.45) is 10.7 Å². The lowest BCUT2D eigenvalue weighted by molar-refractivity contribution is -0.129. The monoisotopic (exact) mass is 369 g/mol. The highest BCUT2D eigenvalue weighted by molar-refractivity contribution is 9.10. The number of rotatable bonds is 2. The SMILES string of the molecule is CN1C(=O)C(C2=CSCC2)(c2ccc(F)c(Br)c2)N=C1N. The molecular formula is C14H13BrFN3OS. The summed E-state index contributed by atoms with van der Waals surface area (Å²) in [5, 5.41) is 1.96. The second-order valence-electron chi connectivity index (χ2n) is 4.94. The number of nitrogens with zero attached hydrogens (tertiary/aromatic N) is 2. The molecule has 0 saturated heterocycles. The third kappa shape index (κ3) is 2.10. The van der Waals surface area contributed by atoms with Crippen LogP contribution in [0.1, 0.15) is 12.0 Å². The Balaban J connectivity index is 2.22. The van der Waals surface area contributed by atoms with Gasteiger partial charge >= 0.3 is 0 Å². The predicted octanol–water partition coefficient (Wildman–Crippen LogP) is 2.59. The lowest BCUT2D eigenvalue weighted by Gasteiger charge is -2.27. The Kier molecular flexibility index (Phi) is 3.57. The quantitative estimate of drug-likeness (QED) is 0.871. The van der Waals surface area contributed by atoms with E-state index in [9.17, 15) is 9.18 Å². The molecule has 0 spiro atoms. The molecule has 2 N–H and O–H groups in total. The van der Waals surface area contributed by atoms with Gasteiger partial charge in [0.05, 0.1) is 4.47 Å². The van der Waals surface area contributed by atoms with E-state index in [1.165, 1.54) is 11.0 Å². The zero-order valence-electron chi connectivity index (χ0n) is 11.3. The summed E-state index contributed by atoms with van der Waals surface area (Å²) in [7, 11) is 1.60. The van der Waals surface area contributed by atoms with E-state index in [0.29, 0.717) is 10.0 Å². The molecule has 0 fully saturated rings. The molecule has 7 heteroatoms. The fourth-order valence-electron chi connectivity index (χ4n) is 2.60. The lowest BCUT2D eigenvalue weighted by Crippen LogP contribution is -2.41. The Morgan fingerprint density at radius 1 is 1.52 bits per heavy atom. The third-order valence-electron chi connectivity index (χ3n) is 3.76. The Morgan fingerprint density at radius 2 is 2.29 bits per heavy atom. The van der Waals surface area contributed by atoms with Crippen molar-refractivity contribution in [2.45, 2.75) is 12.0 Å². The maximum Gasteiger partial charge on any atom is 0.266 e. The van der Waals surface area contributed by atoms with Crippen LogP contribution in [0.15, 0.2) is 38.6 Å². The Hall–Kier alpha value is -1.34. The number of aliphatic imine (C=N–C) groups is 1. The number of amides is 1. The van der Waals surface area contributed by atoms with Crippen molar-refractivity contribution in [3.63, 3.8) is 0 Å². The van der Waals surface area contributed by atoms with E-state index in [1.807, 2.05) is 5.41 Å². The van der Waals surface area contributed by atoms with Crippen LogP contribution in [-0.2, 0) is 10.3 Å². The highest BCUT2D eigenvalue weighted by Gasteiger charge is 2.51. The molecule has 2 heterocycles. The molecule has 110 valence electrons. The van der Waals surface area contributed by atoms with Crippen molar-refractivity contribution in [2.75, 3.05) is 12.8 Å². The first-order valence-electron chi connectivity index (χ1n) is 6.37. The third-order valence-corrected chi connectivity index (χ3v) is 5.26.